The third-order valence-corrected chi connectivity index (χ3v) is 4.10. The second-order valence-electron chi connectivity index (χ2n) is 6.40. The standard InChI is InChI=1S/C13H29NO2S/c1-11(2)14-10-12(13(3,4)5)8-7-9-17(6,15)16/h11-12,14H,7-10H2,1-6H3. The second-order valence-corrected chi connectivity index (χ2v) is 8.66. The molecule has 0 saturated heterocycles. The predicted molar refractivity (Wildman–Crippen MR) is 75.0 cm³/mol. The van der Waals surface area contributed by atoms with Gasteiger partial charge in [-0.25, -0.2) is 8.42 Å². The normalized spacial score (nSPS) is 15.2. The Morgan fingerprint density at radius 2 is 1.71 bits per heavy atom. The van der Waals surface area contributed by atoms with Gasteiger partial charge in [-0.2, -0.15) is 0 Å². The second kappa shape index (κ2) is 6.74. The largest absolute Gasteiger partial charge is 0.314 e. The molecule has 0 heterocycles. The van der Waals surface area contributed by atoms with Crippen LogP contribution >= 0.6 is 0 Å². The van der Waals surface area contributed by atoms with Crippen molar-refractivity contribution in [2.45, 2.75) is 53.5 Å². The molecule has 0 amide bonds. The molecule has 1 N–H and O–H groups in total. The van der Waals surface area contributed by atoms with Crippen molar-refractivity contribution in [1.29, 1.82) is 0 Å². The molecule has 0 rings (SSSR count). The molecule has 0 saturated carbocycles. The summed E-state index contributed by atoms with van der Waals surface area (Å²) in [7, 11) is -2.82. The summed E-state index contributed by atoms with van der Waals surface area (Å²) in [5.74, 6) is 0.827. The van der Waals surface area contributed by atoms with Crippen molar-refractivity contribution >= 4 is 9.84 Å². The van der Waals surface area contributed by atoms with Crippen LogP contribution in [0.1, 0.15) is 47.5 Å². The van der Waals surface area contributed by atoms with E-state index in [1.165, 1.54) is 6.26 Å². The molecule has 0 aliphatic carbocycles. The summed E-state index contributed by atoms with van der Waals surface area (Å²) in [6, 6.07) is 0.481. The third-order valence-electron chi connectivity index (χ3n) is 3.06. The maximum absolute atomic E-state index is 11.1. The van der Waals surface area contributed by atoms with Crippen molar-refractivity contribution in [3.63, 3.8) is 0 Å². The summed E-state index contributed by atoms with van der Waals surface area (Å²) in [6.07, 6.45) is 3.04. The van der Waals surface area contributed by atoms with Crippen LogP contribution < -0.4 is 5.32 Å². The van der Waals surface area contributed by atoms with Crippen molar-refractivity contribution < 1.29 is 8.42 Å². The first kappa shape index (κ1) is 16.9. The van der Waals surface area contributed by atoms with E-state index in [2.05, 4.69) is 39.9 Å². The molecule has 0 aromatic carbocycles. The number of sulfone groups is 1. The zero-order valence-corrected chi connectivity index (χ0v) is 13.0. The van der Waals surface area contributed by atoms with Gasteiger partial charge in [0.15, 0.2) is 0 Å². The molecule has 4 heteroatoms. The van der Waals surface area contributed by atoms with Gasteiger partial charge in [-0.3, -0.25) is 0 Å². The molecule has 0 aromatic rings. The lowest BCUT2D eigenvalue weighted by Crippen LogP contribution is -2.35. The van der Waals surface area contributed by atoms with E-state index in [-0.39, 0.29) is 5.41 Å². The van der Waals surface area contributed by atoms with Gasteiger partial charge in [-0.05, 0) is 30.7 Å². The molecule has 0 fully saturated rings. The lowest BCUT2D eigenvalue weighted by atomic mass is 9.78. The highest BCUT2D eigenvalue weighted by molar-refractivity contribution is 7.90. The average molecular weight is 263 g/mol. The van der Waals surface area contributed by atoms with Crippen molar-refractivity contribution in [2.24, 2.45) is 11.3 Å². The average Bonchev–Trinajstić information content (AvgIpc) is 2.06. The molecule has 0 aliphatic rings. The number of rotatable bonds is 7. The van der Waals surface area contributed by atoms with Gasteiger partial charge in [0, 0.05) is 18.1 Å². The SMILES string of the molecule is CC(C)NCC(CCCS(C)(=O)=O)C(C)(C)C. The van der Waals surface area contributed by atoms with Gasteiger partial charge in [-0.1, -0.05) is 34.6 Å². The Balaban J connectivity index is 4.22. The Labute approximate surface area is 107 Å². The zero-order chi connectivity index (χ0) is 13.7. The lowest BCUT2D eigenvalue weighted by molar-refractivity contribution is 0.213. The Morgan fingerprint density at radius 1 is 1.18 bits per heavy atom. The lowest BCUT2D eigenvalue weighted by Gasteiger charge is -2.31. The first-order valence-electron chi connectivity index (χ1n) is 6.43. The zero-order valence-electron chi connectivity index (χ0n) is 12.2. The number of hydrogen-bond acceptors (Lipinski definition) is 3. The Hall–Kier alpha value is -0.0900. The van der Waals surface area contributed by atoms with Gasteiger partial charge in [0.25, 0.3) is 0 Å². The molecule has 0 radical (unpaired) electrons. The van der Waals surface area contributed by atoms with Crippen LogP contribution in [0.4, 0.5) is 0 Å². The quantitative estimate of drug-likeness (QED) is 0.767. The van der Waals surface area contributed by atoms with Crippen LogP contribution in [-0.2, 0) is 9.84 Å². The first-order chi connectivity index (χ1) is 7.52. The van der Waals surface area contributed by atoms with Gasteiger partial charge in [-0.15, -0.1) is 0 Å². The number of hydrogen-bond donors (Lipinski definition) is 1. The van der Waals surface area contributed by atoms with E-state index >= 15 is 0 Å². The summed E-state index contributed by atoms with van der Waals surface area (Å²) < 4.78 is 22.2. The van der Waals surface area contributed by atoms with Crippen LogP contribution in [0.2, 0.25) is 0 Å². The van der Waals surface area contributed by atoms with Crippen molar-refractivity contribution in [1.82, 2.24) is 5.32 Å². The smallest absolute Gasteiger partial charge is 0.147 e. The summed E-state index contributed by atoms with van der Waals surface area (Å²) in [4.78, 5) is 0. The van der Waals surface area contributed by atoms with Crippen LogP contribution in [-0.4, -0.2) is 33.0 Å². The molecule has 104 valence electrons. The highest BCUT2D eigenvalue weighted by Crippen LogP contribution is 2.29. The molecular weight excluding hydrogens is 234 g/mol. The monoisotopic (exact) mass is 263 g/mol. The van der Waals surface area contributed by atoms with Crippen LogP contribution in [0.3, 0.4) is 0 Å². The number of nitrogens with one attached hydrogen (secondary N) is 1. The van der Waals surface area contributed by atoms with Crippen LogP contribution in [0.5, 0.6) is 0 Å². The minimum Gasteiger partial charge on any atom is -0.314 e. The van der Waals surface area contributed by atoms with Gasteiger partial charge < -0.3 is 5.32 Å². The minimum atomic E-state index is -2.82. The maximum Gasteiger partial charge on any atom is 0.147 e. The van der Waals surface area contributed by atoms with E-state index in [0.29, 0.717) is 17.7 Å². The summed E-state index contributed by atoms with van der Waals surface area (Å²) in [5.41, 5.74) is 0.222. The Bertz CT molecular complexity index is 302. The molecule has 0 aromatic heterocycles. The Kier molecular flexibility index (Phi) is 6.70. The van der Waals surface area contributed by atoms with E-state index in [9.17, 15) is 8.42 Å². The molecule has 0 spiro atoms. The van der Waals surface area contributed by atoms with Gasteiger partial charge in [0.1, 0.15) is 9.84 Å². The van der Waals surface area contributed by atoms with E-state index in [0.717, 1.165) is 19.4 Å². The molecular formula is C13H29NO2S. The summed E-state index contributed by atoms with van der Waals surface area (Å²) in [6.45, 7) is 11.9. The molecule has 1 unspecified atom stereocenters. The van der Waals surface area contributed by atoms with E-state index in [1.807, 2.05) is 0 Å². The predicted octanol–water partition coefficient (Wildman–Crippen LogP) is 2.47. The third kappa shape index (κ3) is 9.60. The highest BCUT2D eigenvalue weighted by atomic mass is 32.2. The van der Waals surface area contributed by atoms with Gasteiger partial charge in [0.05, 0.1) is 0 Å². The van der Waals surface area contributed by atoms with Crippen molar-refractivity contribution in [3.8, 4) is 0 Å². The molecule has 1 atom stereocenters. The fourth-order valence-electron chi connectivity index (χ4n) is 1.81. The highest BCUT2D eigenvalue weighted by Gasteiger charge is 2.24. The van der Waals surface area contributed by atoms with Crippen LogP contribution in [0, 0.1) is 11.3 Å². The topological polar surface area (TPSA) is 46.2 Å². The van der Waals surface area contributed by atoms with Crippen LogP contribution in [0.15, 0.2) is 0 Å². The van der Waals surface area contributed by atoms with Gasteiger partial charge in [0.2, 0.25) is 0 Å². The summed E-state index contributed by atoms with van der Waals surface area (Å²) >= 11 is 0. The maximum atomic E-state index is 11.1. The van der Waals surface area contributed by atoms with E-state index in [4.69, 9.17) is 0 Å². The van der Waals surface area contributed by atoms with Gasteiger partial charge >= 0.3 is 0 Å². The fourth-order valence-corrected chi connectivity index (χ4v) is 2.50. The van der Waals surface area contributed by atoms with E-state index < -0.39 is 9.84 Å². The molecule has 17 heavy (non-hydrogen) atoms. The van der Waals surface area contributed by atoms with Crippen molar-refractivity contribution in [2.75, 3.05) is 18.6 Å². The molecule has 0 bridgehead atoms. The van der Waals surface area contributed by atoms with Crippen LogP contribution in [0.25, 0.3) is 0 Å². The fraction of sp³-hybridized carbons (Fsp3) is 1.00. The molecule has 3 nitrogen and oxygen atoms in total. The first-order valence-corrected chi connectivity index (χ1v) is 8.49. The van der Waals surface area contributed by atoms with Crippen molar-refractivity contribution in [3.05, 3.63) is 0 Å². The Morgan fingerprint density at radius 3 is 2.06 bits per heavy atom. The summed E-state index contributed by atoms with van der Waals surface area (Å²) in [5, 5.41) is 3.45. The molecule has 0 aliphatic heterocycles. The van der Waals surface area contributed by atoms with E-state index in [1.54, 1.807) is 0 Å². The minimum absolute atomic E-state index is 0.222.